The van der Waals surface area contributed by atoms with E-state index in [0.717, 1.165) is 21.9 Å². The van der Waals surface area contributed by atoms with Crippen molar-refractivity contribution in [1.29, 1.82) is 0 Å². The van der Waals surface area contributed by atoms with Crippen molar-refractivity contribution in [3.8, 4) is 0 Å². The van der Waals surface area contributed by atoms with Crippen molar-refractivity contribution < 1.29 is 9.53 Å². The van der Waals surface area contributed by atoms with Gasteiger partial charge in [-0.1, -0.05) is 18.2 Å². The average Bonchev–Trinajstić information content (AvgIpc) is 2.48. The van der Waals surface area contributed by atoms with E-state index in [1.807, 2.05) is 24.3 Å². The Morgan fingerprint density at radius 1 is 1.20 bits per heavy atom. The molecule has 4 heteroatoms. The summed E-state index contributed by atoms with van der Waals surface area (Å²) in [4.78, 5) is 12.4. The third-order valence-electron chi connectivity index (χ3n) is 2.94. The number of benzene rings is 2. The van der Waals surface area contributed by atoms with Crippen molar-refractivity contribution in [2.45, 2.75) is 17.6 Å². The van der Waals surface area contributed by atoms with Gasteiger partial charge in [0, 0.05) is 16.3 Å². The van der Waals surface area contributed by atoms with Crippen LogP contribution in [-0.4, -0.2) is 13.1 Å². The lowest BCUT2D eigenvalue weighted by molar-refractivity contribution is 0.0600. The van der Waals surface area contributed by atoms with E-state index >= 15 is 0 Å². The molecule has 0 unspecified atom stereocenters. The monoisotopic (exact) mass is 287 g/mol. The number of carbonyl (C=O) groups excluding carboxylic acids is 1. The lowest BCUT2D eigenvalue weighted by atomic mass is 10.1. The van der Waals surface area contributed by atoms with Crippen LogP contribution < -0.4 is 5.73 Å². The molecule has 0 heterocycles. The van der Waals surface area contributed by atoms with E-state index in [1.165, 1.54) is 12.7 Å². The second kappa shape index (κ2) is 6.48. The van der Waals surface area contributed by atoms with Gasteiger partial charge in [-0.25, -0.2) is 4.79 Å². The summed E-state index contributed by atoms with van der Waals surface area (Å²) in [6, 6.07) is 13.4. The molecule has 0 radical (unpaired) electrons. The summed E-state index contributed by atoms with van der Waals surface area (Å²) in [6.07, 6.45) is 0. The number of nitrogen functional groups attached to an aromatic ring is 1. The Morgan fingerprint density at radius 2 is 1.90 bits per heavy atom. The number of nitrogens with two attached hydrogens (primary N) is 1. The van der Waals surface area contributed by atoms with Crippen LogP contribution in [0.5, 0.6) is 0 Å². The first-order valence-electron chi connectivity index (χ1n) is 6.26. The van der Waals surface area contributed by atoms with Crippen molar-refractivity contribution in [3.63, 3.8) is 0 Å². The predicted octanol–water partition coefficient (Wildman–Crippen LogP) is 3.66. The molecule has 0 aliphatic carbocycles. The summed E-state index contributed by atoms with van der Waals surface area (Å²) in [5, 5.41) is 0. The quantitative estimate of drug-likeness (QED) is 0.530. The molecule has 20 heavy (non-hydrogen) atoms. The van der Waals surface area contributed by atoms with Gasteiger partial charge in [-0.05, 0) is 42.3 Å². The Balaban J connectivity index is 2.04. The molecule has 2 aromatic rings. The maximum atomic E-state index is 11.3. The van der Waals surface area contributed by atoms with Crippen LogP contribution in [0.25, 0.3) is 0 Å². The molecular weight excluding hydrogens is 270 g/mol. The average molecular weight is 287 g/mol. The minimum absolute atomic E-state index is 0.313. The standard InChI is InChI=1S/C16H17NO2S/c1-11-3-8-14(17)15(9-11)20-10-12-4-6-13(7-5-12)16(18)19-2/h3-9H,10,17H2,1-2H3. The highest BCUT2D eigenvalue weighted by Gasteiger charge is 2.05. The van der Waals surface area contributed by atoms with Gasteiger partial charge in [-0.3, -0.25) is 0 Å². The maximum Gasteiger partial charge on any atom is 0.337 e. The summed E-state index contributed by atoms with van der Waals surface area (Å²) in [6.45, 7) is 2.05. The molecule has 0 aromatic heterocycles. The molecule has 0 fully saturated rings. The Kier molecular flexibility index (Phi) is 4.69. The number of thioether (sulfide) groups is 1. The summed E-state index contributed by atoms with van der Waals surface area (Å²) in [5.41, 5.74) is 9.66. The molecule has 2 aromatic carbocycles. The van der Waals surface area contributed by atoms with Gasteiger partial charge in [0.05, 0.1) is 12.7 Å². The highest BCUT2D eigenvalue weighted by Crippen LogP contribution is 2.29. The number of methoxy groups -OCH3 is 1. The second-order valence-corrected chi connectivity index (χ2v) is 5.54. The van der Waals surface area contributed by atoms with E-state index in [1.54, 1.807) is 23.9 Å². The molecule has 0 saturated carbocycles. The predicted molar refractivity (Wildman–Crippen MR) is 82.9 cm³/mol. The van der Waals surface area contributed by atoms with Gasteiger partial charge in [0.1, 0.15) is 0 Å². The molecule has 0 aliphatic heterocycles. The van der Waals surface area contributed by atoms with Gasteiger partial charge >= 0.3 is 5.97 Å². The van der Waals surface area contributed by atoms with Gasteiger partial charge < -0.3 is 10.5 Å². The second-order valence-electron chi connectivity index (χ2n) is 4.52. The minimum atomic E-state index is -0.313. The van der Waals surface area contributed by atoms with Crippen LogP contribution >= 0.6 is 11.8 Å². The molecule has 0 atom stereocenters. The number of hydrogen-bond donors (Lipinski definition) is 1. The van der Waals surface area contributed by atoms with Gasteiger partial charge in [-0.2, -0.15) is 0 Å². The fourth-order valence-corrected chi connectivity index (χ4v) is 2.80. The van der Waals surface area contributed by atoms with Crippen LogP contribution in [0, 0.1) is 6.92 Å². The van der Waals surface area contributed by atoms with E-state index in [0.29, 0.717) is 5.56 Å². The molecular formula is C16H17NO2S. The zero-order valence-corrected chi connectivity index (χ0v) is 12.4. The lowest BCUT2D eigenvalue weighted by Crippen LogP contribution is -2.00. The van der Waals surface area contributed by atoms with Crippen molar-refractivity contribution in [2.24, 2.45) is 0 Å². The Labute approximate surface area is 123 Å². The highest BCUT2D eigenvalue weighted by molar-refractivity contribution is 7.98. The van der Waals surface area contributed by atoms with Gasteiger partial charge in [0.2, 0.25) is 0 Å². The topological polar surface area (TPSA) is 52.3 Å². The van der Waals surface area contributed by atoms with Crippen LogP contribution in [0.3, 0.4) is 0 Å². The number of ether oxygens (including phenoxy) is 1. The summed E-state index contributed by atoms with van der Waals surface area (Å²) >= 11 is 1.69. The Hall–Kier alpha value is -1.94. The molecule has 0 spiro atoms. The number of carbonyl (C=O) groups is 1. The lowest BCUT2D eigenvalue weighted by Gasteiger charge is -2.07. The molecule has 3 nitrogen and oxygen atoms in total. The van der Waals surface area contributed by atoms with E-state index in [4.69, 9.17) is 5.73 Å². The van der Waals surface area contributed by atoms with Crippen LogP contribution in [0.15, 0.2) is 47.4 Å². The van der Waals surface area contributed by atoms with Crippen LogP contribution in [0.2, 0.25) is 0 Å². The largest absolute Gasteiger partial charge is 0.465 e. The molecule has 2 N–H and O–H groups in total. The highest BCUT2D eigenvalue weighted by atomic mass is 32.2. The maximum absolute atomic E-state index is 11.3. The fourth-order valence-electron chi connectivity index (χ4n) is 1.78. The third-order valence-corrected chi connectivity index (χ3v) is 4.08. The number of anilines is 1. The van der Waals surface area contributed by atoms with Gasteiger partial charge in [-0.15, -0.1) is 11.8 Å². The molecule has 0 bridgehead atoms. The van der Waals surface area contributed by atoms with E-state index in [-0.39, 0.29) is 5.97 Å². The first kappa shape index (κ1) is 14.5. The van der Waals surface area contributed by atoms with Crippen molar-refractivity contribution in [2.75, 3.05) is 12.8 Å². The van der Waals surface area contributed by atoms with Crippen LogP contribution in [0.4, 0.5) is 5.69 Å². The minimum Gasteiger partial charge on any atom is -0.465 e. The number of aryl methyl sites for hydroxylation is 1. The van der Waals surface area contributed by atoms with Crippen LogP contribution in [-0.2, 0) is 10.5 Å². The fraction of sp³-hybridized carbons (Fsp3) is 0.188. The molecule has 0 aliphatic rings. The first-order valence-corrected chi connectivity index (χ1v) is 7.25. The van der Waals surface area contributed by atoms with Crippen molar-refractivity contribution in [1.82, 2.24) is 0 Å². The van der Waals surface area contributed by atoms with Gasteiger partial charge in [0.15, 0.2) is 0 Å². The Bertz CT molecular complexity index is 608. The van der Waals surface area contributed by atoms with Crippen molar-refractivity contribution >= 4 is 23.4 Å². The van der Waals surface area contributed by atoms with E-state index in [2.05, 4.69) is 17.7 Å². The zero-order chi connectivity index (χ0) is 14.5. The molecule has 2 rings (SSSR count). The van der Waals surface area contributed by atoms with E-state index in [9.17, 15) is 4.79 Å². The Morgan fingerprint density at radius 3 is 2.55 bits per heavy atom. The first-order chi connectivity index (χ1) is 9.60. The number of esters is 1. The van der Waals surface area contributed by atoms with Gasteiger partial charge in [0.25, 0.3) is 0 Å². The molecule has 104 valence electrons. The smallest absolute Gasteiger partial charge is 0.337 e. The molecule has 0 amide bonds. The van der Waals surface area contributed by atoms with E-state index < -0.39 is 0 Å². The normalized spacial score (nSPS) is 10.3. The molecule has 0 saturated heterocycles. The summed E-state index contributed by atoms with van der Waals surface area (Å²) in [5.74, 6) is 0.502. The van der Waals surface area contributed by atoms with Crippen LogP contribution in [0.1, 0.15) is 21.5 Å². The van der Waals surface area contributed by atoms with Crippen molar-refractivity contribution in [3.05, 3.63) is 59.2 Å². The number of hydrogen-bond acceptors (Lipinski definition) is 4. The third kappa shape index (κ3) is 3.54. The zero-order valence-electron chi connectivity index (χ0n) is 11.6. The SMILES string of the molecule is COC(=O)c1ccc(CSc2cc(C)ccc2N)cc1. The summed E-state index contributed by atoms with van der Waals surface area (Å²) < 4.78 is 4.67. The summed E-state index contributed by atoms with van der Waals surface area (Å²) in [7, 11) is 1.38. The number of rotatable bonds is 4.